The average molecular weight is 392 g/mol. The van der Waals surface area contributed by atoms with Gasteiger partial charge in [-0.05, 0) is 42.3 Å². The average Bonchev–Trinajstić information content (AvgIpc) is 2.77. The highest BCUT2D eigenvalue weighted by Gasteiger charge is 2.08. The minimum absolute atomic E-state index is 0.260. The number of aryl methyl sites for hydroxylation is 1. The summed E-state index contributed by atoms with van der Waals surface area (Å²) in [7, 11) is 1.61. The van der Waals surface area contributed by atoms with Crippen LogP contribution < -0.4 is 20.1 Å². The van der Waals surface area contributed by atoms with Crippen LogP contribution in [-0.4, -0.2) is 36.1 Å². The molecule has 0 bridgehead atoms. The SMILES string of the molecule is COc1ccc(OCCNC(=O)c2cnc(NCc3ccccc3C)cn2)cc1. The fourth-order valence-electron chi connectivity index (χ4n) is 2.63. The molecule has 0 aliphatic heterocycles. The number of nitrogens with zero attached hydrogens (tertiary/aromatic N) is 2. The van der Waals surface area contributed by atoms with Gasteiger partial charge in [0.1, 0.15) is 29.6 Å². The number of nitrogens with one attached hydrogen (secondary N) is 2. The lowest BCUT2D eigenvalue weighted by molar-refractivity contribution is 0.0941. The van der Waals surface area contributed by atoms with Crippen molar-refractivity contribution in [2.45, 2.75) is 13.5 Å². The van der Waals surface area contributed by atoms with Crippen LogP contribution in [0.4, 0.5) is 5.82 Å². The Morgan fingerprint density at radius 1 is 1.00 bits per heavy atom. The maximum absolute atomic E-state index is 12.2. The highest BCUT2D eigenvalue weighted by molar-refractivity contribution is 5.91. The maximum Gasteiger partial charge on any atom is 0.271 e. The van der Waals surface area contributed by atoms with Crippen molar-refractivity contribution < 1.29 is 14.3 Å². The molecule has 0 saturated carbocycles. The highest BCUT2D eigenvalue weighted by Crippen LogP contribution is 2.16. The van der Waals surface area contributed by atoms with Crippen molar-refractivity contribution in [3.05, 3.63) is 77.7 Å². The van der Waals surface area contributed by atoms with Crippen LogP contribution in [0.1, 0.15) is 21.6 Å². The van der Waals surface area contributed by atoms with E-state index < -0.39 is 0 Å². The van der Waals surface area contributed by atoms with E-state index in [1.165, 1.54) is 17.3 Å². The molecule has 7 nitrogen and oxygen atoms in total. The number of hydrogen-bond acceptors (Lipinski definition) is 6. The monoisotopic (exact) mass is 392 g/mol. The van der Waals surface area contributed by atoms with Gasteiger partial charge >= 0.3 is 0 Å². The fraction of sp³-hybridized carbons (Fsp3) is 0.227. The van der Waals surface area contributed by atoms with Gasteiger partial charge in [0.05, 0.1) is 26.0 Å². The zero-order valence-electron chi connectivity index (χ0n) is 16.5. The Labute approximate surface area is 170 Å². The van der Waals surface area contributed by atoms with Crippen LogP contribution in [0.3, 0.4) is 0 Å². The largest absolute Gasteiger partial charge is 0.497 e. The maximum atomic E-state index is 12.2. The van der Waals surface area contributed by atoms with Crippen LogP contribution in [0.25, 0.3) is 0 Å². The molecule has 0 unspecified atom stereocenters. The molecular weight excluding hydrogens is 368 g/mol. The molecule has 0 spiro atoms. The van der Waals surface area contributed by atoms with E-state index in [1.807, 2.05) is 36.4 Å². The van der Waals surface area contributed by atoms with E-state index >= 15 is 0 Å². The molecule has 150 valence electrons. The summed E-state index contributed by atoms with van der Waals surface area (Å²) in [6.07, 6.45) is 3.01. The van der Waals surface area contributed by atoms with Crippen LogP contribution >= 0.6 is 0 Å². The predicted octanol–water partition coefficient (Wildman–Crippen LogP) is 3.21. The predicted molar refractivity (Wildman–Crippen MR) is 111 cm³/mol. The summed E-state index contributed by atoms with van der Waals surface area (Å²) in [5, 5.41) is 5.98. The number of amides is 1. The molecule has 2 N–H and O–H groups in total. The molecule has 3 aromatic rings. The molecule has 1 aromatic heterocycles. The lowest BCUT2D eigenvalue weighted by Crippen LogP contribution is -2.28. The third kappa shape index (κ3) is 5.93. The van der Waals surface area contributed by atoms with Crippen molar-refractivity contribution in [2.75, 3.05) is 25.6 Å². The molecule has 0 atom stereocenters. The number of aromatic nitrogens is 2. The second-order valence-corrected chi connectivity index (χ2v) is 6.35. The first-order valence-corrected chi connectivity index (χ1v) is 9.31. The van der Waals surface area contributed by atoms with E-state index in [4.69, 9.17) is 9.47 Å². The van der Waals surface area contributed by atoms with Gasteiger partial charge in [-0.1, -0.05) is 24.3 Å². The van der Waals surface area contributed by atoms with E-state index in [1.54, 1.807) is 13.3 Å². The summed E-state index contributed by atoms with van der Waals surface area (Å²) >= 11 is 0. The van der Waals surface area contributed by atoms with E-state index in [9.17, 15) is 4.79 Å². The van der Waals surface area contributed by atoms with E-state index in [0.29, 0.717) is 31.3 Å². The van der Waals surface area contributed by atoms with Crippen LogP contribution in [0.5, 0.6) is 11.5 Å². The summed E-state index contributed by atoms with van der Waals surface area (Å²) in [6.45, 7) is 3.42. The Bertz CT molecular complexity index is 928. The summed E-state index contributed by atoms with van der Waals surface area (Å²) in [5.74, 6) is 1.80. The molecule has 0 fully saturated rings. The second-order valence-electron chi connectivity index (χ2n) is 6.35. The van der Waals surface area contributed by atoms with E-state index in [2.05, 4.69) is 39.7 Å². The smallest absolute Gasteiger partial charge is 0.271 e. The number of methoxy groups -OCH3 is 1. The van der Waals surface area contributed by atoms with Crippen molar-refractivity contribution in [1.82, 2.24) is 15.3 Å². The molecule has 2 aromatic carbocycles. The fourth-order valence-corrected chi connectivity index (χ4v) is 2.63. The number of benzene rings is 2. The standard InChI is InChI=1S/C22H24N4O3/c1-16-5-3-4-6-17(16)13-25-21-15-24-20(14-26-21)22(27)23-11-12-29-19-9-7-18(28-2)8-10-19/h3-10,14-15H,11-13H2,1-2H3,(H,23,27)(H,25,26). The number of rotatable bonds is 9. The van der Waals surface area contributed by atoms with Gasteiger partial charge in [0.25, 0.3) is 5.91 Å². The van der Waals surface area contributed by atoms with Crippen molar-refractivity contribution >= 4 is 11.7 Å². The topological polar surface area (TPSA) is 85.4 Å². The summed E-state index contributed by atoms with van der Waals surface area (Å²) in [4.78, 5) is 20.6. The van der Waals surface area contributed by atoms with E-state index in [-0.39, 0.29) is 11.6 Å². The van der Waals surface area contributed by atoms with Gasteiger partial charge < -0.3 is 20.1 Å². The van der Waals surface area contributed by atoms with Crippen LogP contribution in [0.2, 0.25) is 0 Å². The number of anilines is 1. The minimum Gasteiger partial charge on any atom is -0.497 e. The molecule has 1 amide bonds. The minimum atomic E-state index is -0.290. The third-order valence-corrected chi connectivity index (χ3v) is 4.32. The number of carbonyl (C=O) groups is 1. The second kappa shape index (κ2) is 10.1. The summed E-state index contributed by atoms with van der Waals surface area (Å²) < 4.78 is 10.7. The third-order valence-electron chi connectivity index (χ3n) is 4.32. The molecule has 29 heavy (non-hydrogen) atoms. The zero-order chi connectivity index (χ0) is 20.5. The lowest BCUT2D eigenvalue weighted by Gasteiger charge is -2.09. The molecule has 7 heteroatoms. The van der Waals surface area contributed by atoms with Crippen LogP contribution in [0, 0.1) is 6.92 Å². The number of ether oxygens (including phenoxy) is 2. The van der Waals surface area contributed by atoms with Gasteiger partial charge in [0.15, 0.2) is 0 Å². The highest BCUT2D eigenvalue weighted by atomic mass is 16.5. The van der Waals surface area contributed by atoms with Gasteiger partial charge in [-0.3, -0.25) is 4.79 Å². The Morgan fingerprint density at radius 2 is 1.76 bits per heavy atom. The number of hydrogen-bond donors (Lipinski definition) is 2. The molecule has 0 radical (unpaired) electrons. The molecule has 0 aliphatic carbocycles. The first-order chi connectivity index (χ1) is 14.2. The van der Waals surface area contributed by atoms with Gasteiger partial charge in [-0.2, -0.15) is 0 Å². The molecule has 0 aliphatic rings. The van der Waals surface area contributed by atoms with Gasteiger partial charge in [-0.25, -0.2) is 9.97 Å². The Hall–Kier alpha value is -3.61. The van der Waals surface area contributed by atoms with Gasteiger partial charge in [0.2, 0.25) is 0 Å². The first-order valence-electron chi connectivity index (χ1n) is 9.31. The molecular formula is C22H24N4O3. The van der Waals surface area contributed by atoms with Crippen LogP contribution in [-0.2, 0) is 6.54 Å². The van der Waals surface area contributed by atoms with Gasteiger partial charge in [-0.15, -0.1) is 0 Å². The Kier molecular flexibility index (Phi) is 7.00. The quantitative estimate of drug-likeness (QED) is 0.544. The summed E-state index contributed by atoms with van der Waals surface area (Å²) in [5.41, 5.74) is 2.66. The first kappa shape index (κ1) is 20.1. The van der Waals surface area contributed by atoms with Gasteiger partial charge in [0, 0.05) is 6.54 Å². The van der Waals surface area contributed by atoms with Crippen LogP contribution in [0.15, 0.2) is 60.9 Å². The lowest BCUT2D eigenvalue weighted by atomic mass is 10.1. The summed E-state index contributed by atoms with van der Waals surface area (Å²) in [6, 6.07) is 15.4. The van der Waals surface area contributed by atoms with E-state index in [0.717, 1.165) is 5.75 Å². The Balaban J connectivity index is 1.42. The Morgan fingerprint density at radius 3 is 2.45 bits per heavy atom. The zero-order valence-corrected chi connectivity index (χ0v) is 16.5. The molecule has 1 heterocycles. The van der Waals surface area contributed by atoms with Crippen molar-refractivity contribution in [1.29, 1.82) is 0 Å². The normalized spacial score (nSPS) is 10.3. The molecule has 0 saturated heterocycles. The van der Waals surface area contributed by atoms with Crippen molar-refractivity contribution in [2.24, 2.45) is 0 Å². The van der Waals surface area contributed by atoms with Crippen molar-refractivity contribution in [3.63, 3.8) is 0 Å². The number of carbonyl (C=O) groups excluding carboxylic acids is 1. The molecule has 3 rings (SSSR count). The van der Waals surface area contributed by atoms with Crippen molar-refractivity contribution in [3.8, 4) is 11.5 Å².